The lowest BCUT2D eigenvalue weighted by Crippen LogP contribution is -2.55. The van der Waals surface area contributed by atoms with E-state index in [9.17, 15) is 8.42 Å². The van der Waals surface area contributed by atoms with Gasteiger partial charge in [-0.05, 0) is 13.3 Å². The van der Waals surface area contributed by atoms with Crippen molar-refractivity contribution >= 4 is 22.6 Å². The van der Waals surface area contributed by atoms with Gasteiger partial charge in [0.05, 0.1) is 0 Å². The Kier molecular flexibility index (Phi) is 6.70. The average Bonchev–Trinajstić information content (AvgIpc) is 2.15. The molecule has 1 atom stereocenters. The van der Waals surface area contributed by atoms with Crippen LogP contribution in [0, 0.1) is 0 Å². The minimum absolute atomic E-state index is 0. The maximum absolute atomic E-state index is 11.7. The van der Waals surface area contributed by atoms with Crippen LogP contribution in [0.4, 0.5) is 0 Å². The van der Waals surface area contributed by atoms with Crippen molar-refractivity contribution in [3.63, 3.8) is 0 Å². The van der Waals surface area contributed by atoms with Gasteiger partial charge in [0.2, 0.25) is 0 Å². The van der Waals surface area contributed by atoms with Crippen LogP contribution < -0.4 is 10.0 Å². The molecule has 0 saturated carbocycles. The van der Waals surface area contributed by atoms with Crippen LogP contribution in [0.1, 0.15) is 20.3 Å². The first kappa shape index (κ1) is 15.1. The van der Waals surface area contributed by atoms with Crippen LogP contribution in [-0.2, 0) is 10.2 Å². The van der Waals surface area contributed by atoms with Crippen LogP contribution in [0.2, 0.25) is 0 Å². The van der Waals surface area contributed by atoms with E-state index < -0.39 is 10.2 Å². The molecule has 1 rings (SSSR count). The summed E-state index contributed by atoms with van der Waals surface area (Å²) in [5.41, 5.74) is 0. The number of nitrogens with zero attached hydrogens (tertiary/aromatic N) is 1. The summed E-state index contributed by atoms with van der Waals surface area (Å²) in [4.78, 5) is 0. The lowest BCUT2D eigenvalue weighted by atomic mass is 10.3. The van der Waals surface area contributed by atoms with Crippen molar-refractivity contribution in [2.45, 2.75) is 26.3 Å². The Morgan fingerprint density at radius 2 is 2.20 bits per heavy atom. The van der Waals surface area contributed by atoms with Crippen molar-refractivity contribution in [2.75, 3.05) is 26.2 Å². The standard InChI is InChI=1S/C8H19N3O2S.ClH/c1-3-4-10-14(12,13)11-6-5-9-7-8(11)2;/h8-10H,3-7H2,1-2H3;1H/t8-;/m0./s1. The molecule has 1 aliphatic rings. The molecule has 5 nitrogen and oxygen atoms in total. The smallest absolute Gasteiger partial charge is 0.279 e. The van der Waals surface area contributed by atoms with Crippen molar-refractivity contribution in [1.29, 1.82) is 0 Å². The first-order valence-electron chi connectivity index (χ1n) is 5.05. The Morgan fingerprint density at radius 1 is 1.53 bits per heavy atom. The third-order valence-electron chi connectivity index (χ3n) is 2.28. The van der Waals surface area contributed by atoms with Gasteiger partial charge in [-0.15, -0.1) is 12.4 Å². The van der Waals surface area contributed by atoms with Crippen LogP contribution in [0.15, 0.2) is 0 Å². The zero-order valence-electron chi connectivity index (χ0n) is 9.19. The average molecular weight is 258 g/mol. The zero-order valence-corrected chi connectivity index (χ0v) is 10.8. The molecule has 1 heterocycles. The molecule has 0 aliphatic carbocycles. The molecule has 1 saturated heterocycles. The van der Waals surface area contributed by atoms with E-state index in [0.29, 0.717) is 13.1 Å². The lowest BCUT2D eigenvalue weighted by molar-refractivity contribution is 0.280. The minimum atomic E-state index is -3.25. The van der Waals surface area contributed by atoms with E-state index in [-0.39, 0.29) is 18.4 Å². The minimum Gasteiger partial charge on any atom is -0.314 e. The first-order valence-corrected chi connectivity index (χ1v) is 6.49. The molecule has 0 aromatic heterocycles. The second-order valence-electron chi connectivity index (χ2n) is 3.56. The molecule has 1 aliphatic heterocycles. The molecule has 7 heteroatoms. The maximum atomic E-state index is 11.7. The van der Waals surface area contributed by atoms with E-state index in [2.05, 4.69) is 10.0 Å². The molecule has 0 aromatic carbocycles. The van der Waals surface area contributed by atoms with E-state index in [1.165, 1.54) is 4.31 Å². The Morgan fingerprint density at radius 3 is 2.73 bits per heavy atom. The zero-order chi connectivity index (χ0) is 10.6. The highest BCUT2D eigenvalue weighted by Gasteiger charge is 2.28. The van der Waals surface area contributed by atoms with Crippen molar-refractivity contribution < 1.29 is 8.42 Å². The summed E-state index contributed by atoms with van der Waals surface area (Å²) in [6, 6.07) is 0.0399. The molecular formula is C8H20ClN3O2S. The molecule has 2 N–H and O–H groups in total. The van der Waals surface area contributed by atoms with E-state index in [1.54, 1.807) is 0 Å². The van der Waals surface area contributed by atoms with Crippen LogP contribution in [0.25, 0.3) is 0 Å². The van der Waals surface area contributed by atoms with E-state index >= 15 is 0 Å². The van der Waals surface area contributed by atoms with Crippen LogP contribution in [-0.4, -0.2) is 44.9 Å². The summed E-state index contributed by atoms with van der Waals surface area (Å²) in [7, 11) is -3.25. The molecule has 0 spiro atoms. The molecule has 0 radical (unpaired) electrons. The van der Waals surface area contributed by atoms with Crippen LogP contribution in [0.5, 0.6) is 0 Å². The highest BCUT2D eigenvalue weighted by atomic mass is 35.5. The van der Waals surface area contributed by atoms with Gasteiger partial charge in [-0.25, -0.2) is 4.72 Å². The third kappa shape index (κ3) is 4.24. The molecule has 0 aromatic rings. The Bertz CT molecular complexity index is 271. The Hall–Kier alpha value is 0.120. The van der Waals surface area contributed by atoms with Gasteiger partial charge in [-0.1, -0.05) is 6.92 Å². The van der Waals surface area contributed by atoms with Gasteiger partial charge >= 0.3 is 0 Å². The summed E-state index contributed by atoms with van der Waals surface area (Å²) < 4.78 is 27.6. The van der Waals surface area contributed by atoms with E-state index in [4.69, 9.17) is 0 Å². The van der Waals surface area contributed by atoms with Crippen molar-refractivity contribution in [1.82, 2.24) is 14.3 Å². The summed E-state index contributed by atoms with van der Waals surface area (Å²) >= 11 is 0. The van der Waals surface area contributed by atoms with E-state index in [1.807, 2.05) is 13.8 Å². The lowest BCUT2D eigenvalue weighted by Gasteiger charge is -2.32. The fourth-order valence-corrected chi connectivity index (χ4v) is 3.00. The van der Waals surface area contributed by atoms with Gasteiger partial charge in [0.25, 0.3) is 10.2 Å². The van der Waals surface area contributed by atoms with Gasteiger partial charge in [-0.3, -0.25) is 0 Å². The number of nitrogens with one attached hydrogen (secondary N) is 2. The van der Waals surface area contributed by atoms with Gasteiger partial charge in [0.15, 0.2) is 0 Å². The van der Waals surface area contributed by atoms with Gasteiger partial charge in [0, 0.05) is 32.2 Å². The van der Waals surface area contributed by atoms with Gasteiger partial charge in [0.1, 0.15) is 0 Å². The van der Waals surface area contributed by atoms with Crippen molar-refractivity contribution in [3.05, 3.63) is 0 Å². The van der Waals surface area contributed by atoms with Gasteiger partial charge < -0.3 is 5.32 Å². The van der Waals surface area contributed by atoms with Gasteiger partial charge in [-0.2, -0.15) is 12.7 Å². The molecule has 0 unspecified atom stereocenters. The summed E-state index contributed by atoms with van der Waals surface area (Å²) in [6.07, 6.45) is 0.819. The number of hydrogen-bond acceptors (Lipinski definition) is 3. The highest BCUT2D eigenvalue weighted by molar-refractivity contribution is 7.87. The molecule has 0 amide bonds. The van der Waals surface area contributed by atoms with E-state index in [0.717, 1.165) is 19.5 Å². The summed E-state index contributed by atoms with van der Waals surface area (Å²) in [5.74, 6) is 0. The first-order chi connectivity index (χ1) is 6.58. The largest absolute Gasteiger partial charge is 0.314 e. The Balaban J connectivity index is 0.00000196. The number of hydrogen-bond donors (Lipinski definition) is 2. The highest BCUT2D eigenvalue weighted by Crippen LogP contribution is 2.07. The Labute approximate surface area is 98.2 Å². The SMILES string of the molecule is CCCNS(=O)(=O)N1CCNC[C@@H]1C.Cl. The van der Waals surface area contributed by atoms with Crippen LogP contribution >= 0.6 is 12.4 Å². The summed E-state index contributed by atoms with van der Waals surface area (Å²) in [6.45, 7) is 6.39. The fraction of sp³-hybridized carbons (Fsp3) is 1.00. The molecule has 0 bridgehead atoms. The number of rotatable bonds is 4. The predicted molar refractivity (Wildman–Crippen MR) is 63.5 cm³/mol. The topological polar surface area (TPSA) is 61.4 Å². The second kappa shape index (κ2) is 6.65. The van der Waals surface area contributed by atoms with Crippen molar-refractivity contribution in [2.24, 2.45) is 0 Å². The molecule has 15 heavy (non-hydrogen) atoms. The molecular weight excluding hydrogens is 238 g/mol. The fourth-order valence-electron chi connectivity index (χ4n) is 1.49. The van der Waals surface area contributed by atoms with Crippen molar-refractivity contribution in [3.8, 4) is 0 Å². The quantitative estimate of drug-likeness (QED) is 0.742. The normalized spacial score (nSPS) is 23.5. The number of halogens is 1. The number of piperazine rings is 1. The van der Waals surface area contributed by atoms with Crippen LogP contribution in [0.3, 0.4) is 0 Å². The second-order valence-corrected chi connectivity index (χ2v) is 5.27. The predicted octanol–water partition coefficient (Wildman–Crippen LogP) is -0.0537. The summed E-state index contributed by atoms with van der Waals surface area (Å²) in [5, 5.41) is 3.16. The molecule has 92 valence electrons. The monoisotopic (exact) mass is 257 g/mol. The third-order valence-corrected chi connectivity index (χ3v) is 4.01. The maximum Gasteiger partial charge on any atom is 0.279 e. The molecule has 1 fully saturated rings.